The van der Waals surface area contributed by atoms with Gasteiger partial charge in [0.15, 0.2) is 6.61 Å². The molecule has 0 aliphatic carbocycles. The fourth-order valence-electron chi connectivity index (χ4n) is 3.04. The molecule has 156 valence electrons. The largest absolute Gasteiger partial charge is 0.494 e. The summed E-state index contributed by atoms with van der Waals surface area (Å²) in [4.78, 5) is 14.8. The first-order chi connectivity index (χ1) is 14.7. The average molecular weight is 404 g/mol. The lowest BCUT2D eigenvalue weighted by Crippen LogP contribution is -2.34. The Labute approximate surface area is 179 Å². The van der Waals surface area contributed by atoms with Gasteiger partial charge in [0.1, 0.15) is 11.5 Å². The first-order valence-corrected chi connectivity index (χ1v) is 10.5. The standard InChI is InChI=1S/C26H29NO3/c1-2-3-18-29-24-14-16-25(17-15-24)30-21-26(28)27(19-22-10-6-4-7-11-22)20-23-12-8-5-9-13-23/h4-17H,2-3,18-21H2,1H3. The highest BCUT2D eigenvalue weighted by Crippen LogP contribution is 2.18. The minimum atomic E-state index is -0.0500. The summed E-state index contributed by atoms with van der Waals surface area (Å²) in [5.74, 6) is 1.42. The number of benzene rings is 3. The van der Waals surface area contributed by atoms with Gasteiger partial charge in [0.05, 0.1) is 6.61 Å². The highest BCUT2D eigenvalue weighted by molar-refractivity contribution is 5.77. The number of hydrogen-bond acceptors (Lipinski definition) is 3. The minimum absolute atomic E-state index is 0.00426. The van der Waals surface area contributed by atoms with Crippen LogP contribution < -0.4 is 9.47 Å². The zero-order valence-electron chi connectivity index (χ0n) is 17.5. The van der Waals surface area contributed by atoms with Crippen LogP contribution in [0.2, 0.25) is 0 Å². The molecule has 0 aromatic heterocycles. The summed E-state index contributed by atoms with van der Waals surface area (Å²) in [5, 5.41) is 0. The van der Waals surface area contributed by atoms with Crippen molar-refractivity contribution >= 4 is 5.91 Å². The van der Waals surface area contributed by atoms with E-state index in [-0.39, 0.29) is 12.5 Å². The van der Waals surface area contributed by atoms with Crippen molar-refractivity contribution in [2.45, 2.75) is 32.9 Å². The second-order valence-electron chi connectivity index (χ2n) is 7.18. The number of rotatable bonds is 11. The van der Waals surface area contributed by atoms with Crippen molar-refractivity contribution in [1.29, 1.82) is 0 Å². The molecule has 0 aliphatic rings. The van der Waals surface area contributed by atoms with Gasteiger partial charge in [-0.25, -0.2) is 0 Å². The van der Waals surface area contributed by atoms with Crippen molar-refractivity contribution in [3.05, 3.63) is 96.1 Å². The van der Waals surface area contributed by atoms with Crippen molar-refractivity contribution in [1.82, 2.24) is 4.90 Å². The van der Waals surface area contributed by atoms with Crippen LogP contribution in [0.4, 0.5) is 0 Å². The number of hydrogen-bond donors (Lipinski definition) is 0. The topological polar surface area (TPSA) is 38.8 Å². The zero-order chi connectivity index (χ0) is 21.0. The third kappa shape index (κ3) is 6.96. The Balaban J connectivity index is 1.59. The van der Waals surface area contributed by atoms with Gasteiger partial charge in [0.25, 0.3) is 5.91 Å². The molecular weight excluding hydrogens is 374 g/mol. The molecule has 3 aromatic rings. The molecular formula is C26H29NO3. The second-order valence-corrected chi connectivity index (χ2v) is 7.18. The van der Waals surface area contributed by atoms with E-state index in [2.05, 4.69) is 6.92 Å². The van der Waals surface area contributed by atoms with Gasteiger partial charge in [0, 0.05) is 13.1 Å². The summed E-state index contributed by atoms with van der Waals surface area (Å²) < 4.78 is 11.4. The summed E-state index contributed by atoms with van der Waals surface area (Å²) in [6, 6.07) is 27.5. The van der Waals surface area contributed by atoms with E-state index in [1.165, 1.54) is 0 Å². The molecule has 0 bridgehead atoms. The first-order valence-electron chi connectivity index (χ1n) is 10.5. The molecule has 0 fully saturated rings. The van der Waals surface area contributed by atoms with Crippen LogP contribution >= 0.6 is 0 Å². The van der Waals surface area contributed by atoms with E-state index in [1.807, 2.05) is 89.8 Å². The molecule has 0 saturated carbocycles. The summed E-state index contributed by atoms with van der Waals surface area (Å²) >= 11 is 0. The number of carbonyl (C=O) groups is 1. The molecule has 4 heteroatoms. The molecule has 0 aliphatic heterocycles. The normalized spacial score (nSPS) is 10.4. The molecule has 0 spiro atoms. The van der Waals surface area contributed by atoms with E-state index < -0.39 is 0 Å². The van der Waals surface area contributed by atoms with E-state index in [9.17, 15) is 4.79 Å². The molecule has 0 atom stereocenters. The molecule has 0 unspecified atom stereocenters. The third-order valence-electron chi connectivity index (χ3n) is 4.74. The van der Waals surface area contributed by atoms with E-state index in [1.54, 1.807) is 0 Å². The van der Waals surface area contributed by atoms with Crippen molar-refractivity contribution in [2.24, 2.45) is 0 Å². The van der Waals surface area contributed by atoms with Crippen LogP contribution in [0.5, 0.6) is 11.5 Å². The quantitative estimate of drug-likeness (QED) is 0.398. The SMILES string of the molecule is CCCCOc1ccc(OCC(=O)N(Cc2ccccc2)Cc2ccccc2)cc1. The van der Waals surface area contributed by atoms with Gasteiger partial charge in [-0.2, -0.15) is 0 Å². The molecule has 0 radical (unpaired) electrons. The fraction of sp³-hybridized carbons (Fsp3) is 0.269. The van der Waals surface area contributed by atoms with Crippen LogP contribution in [0.25, 0.3) is 0 Å². The number of ether oxygens (including phenoxy) is 2. The minimum Gasteiger partial charge on any atom is -0.494 e. The van der Waals surface area contributed by atoms with Gasteiger partial charge in [-0.3, -0.25) is 4.79 Å². The van der Waals surface area contributed by atoms with Crippen molar-refractivity contribution in [3.63, 3.8) is 0 Å². The molecule has 4 nitrogen and oxygen atoms in total. The fourth-order valence-corrected chi connectivity index (χ4v) is 3.04. The molecule has 30 heavy (non-hydrogen) atoms. The van der Waals surface area contributed by atoms with Crippen LogP contribution in [0.3, 0.4) is 0 Å². The van der Waals surface area contributed by atoms with Crippen LogP contribution in [-0.2, 0) is 17.9 Å². The number of unbranched alkanes of at least 4 members (excludes halogenated alkanes) is 1. The molecule has 0 heterocycles. The van der Waals surface area contributed by atoms with Crippen LogP contribution in [0.1, 0.15) is 30.9 Å². The Morgan fingerprint density at radius 1 is 0.733 bits per heavy atom. The maximum Gasteiger partial charge on any atom is 0.261 e. The molecule has 3 rings (SSSR count). The van der Waals surface area contributed by atoms with Gasteiger partial charge in [0.2, 0.25) is 0 Å². The van der Waals surface area contributed by atoms with Gasteiger partial charge in [-0.1, -0.05) is 74.0 Å². The second kappa shape index (κ2) is 11.7. The lowest BCUT2D eigenvalue weighted by Gasteiger charge is -2.23. The average Bonchev–Trinajstić information content (AvgIpc) is 2.79. The van der Waals surface area contributed by atoms with Crippen LogP contribution in [0.15, 0.2) is 84.9 Å². The van der Waals surface area contributed by atoms with Crippen molar-refractivity contribution in [3.8, 4) is 11.5 Å². The molecule has 1 amide bonds. The Morgan fingerprint density at radius 3 is 1.73 bits per heavy atom. The summed E-state index contributed by atoms with van der Waals surface area (Å²) in [6.07, 6.45) is 2.14. The molecule has 0 N–H and O–H groups in total. The van der Waals surface area contributed by atoms with Gasteiger partial charge < -0.3 is 14.4 Å². The third-order valence-corrected chi connectivity index (χ3v) is 4.74. The molecule has 0 saturated heterocycles. The molecule has 3 aromatic carbocycles. The maximum atomic E-state index is 12.9. The summed E-state index contributed by atoms with van der Waals surface area (Å²) in [7, 11) is 0. The van der Waals surface area contributed by atoms with Crippen LogP contribution in [-0.4, -0.2) is 24.0 Å². The smallest absolute Gasteiger partial charge is 0.261 e. The predicted molar refractivity (Wildman–Crippen MR) is 119 cm³/mol. The highest BCUT2D eigenvalue weighted by atomic mass is 16.5. The van der Waals surface area contributed by atoms with E-state index in [0.717, 1.165) is 29.7 Å². The Hall–Kier alpha value is -3.27. The van der Waals surface area contributed by atoms with Gasteiger partial charge >= 0.3 is 0 Å². The monoisotopic (exact) mass is 403 g/mol. The number of nitrogens with zero attached hydrogens (tertiary/aromatic N) is 1. The lowest BCUT2D eigenvalue weighted by molar-refractivity contribution is -0.134. The van der Waals surface area contributed by atoms with Crippen molar-refractivity contribution < 1.29 is 14.3 Å². The van der Waals surface area contributed by atoms with Gasteiger partial charge in [-0.05, 0) is 41.8 Å². The van der Waals surface area contributed by atoms with E-state index in [4.69, 9.17) is 9.47 Å². The van der Waals surface area contributed by atoms with Gasteiger partial charge in [-0.15, -0.1) is 0 Å². The number of carbonyl (C=O) groups excluding carboxylic acids is 1. The van der Waals surface area contributed by atoms with E-state index >= 15 is 0 Å². The summed E-state index contributed by atoms with van der Waals surface area (Å²) in [5.41, 5.74) is 2.19. The van der Waals surface area contributed by atoms with Crippen LogP contribution in [0, 0.1) is 0 Å². The Morgan fingerprint density at radius 2 is 1.23 bits per heavy atom. The highest BCUT2D eigenvalue weighted by Gasteiger charge is 2.15. The Bertz CT molecular complexity index is 838. The van der Waals surface area contributed by atoms with Crippen molar-refractivity contribution in [2.75, 3.05) is 13.2 Å². The first kappa shape index (κ1) is 21.4. The van der Waals surface area contributed by atoms with E-state index in [0.29, 0.717) is 25.4 Å². The maximum absolute atomic E-state index is 12.9. The zero-order valence-corrected chi connectivity index (χ0v) is 17.5. The predicted octanol–water partition coefficient (Wildman–Crippen LogP) is 5.47. The Kier molecular flexibility index (Phi) is 8.34. The number of amides is 1. The lowest BCUT2D eigenvalue weighted by atomic mass is 10.1. The summed E-state index contributed by atoms with van der Waals surface area (Å²) in [6.45, 7) is 3.93.